The fraction of sp³-hybridized carbons (Fsp3) is 0.762. The molecule has 4 rings (SSSR count). The van der Waals surface area contributed by atoms with Crippen molar-refractivity contribution in [2.24, 2.45) is 23.5 Å². The Morgan fingerprint density at radius 1 is 1.39 bits per heavy atom. The van der Waals surface area contributed by atoms with Crippen molar-refractivity contribution < 1.29 is 24.6 Å². The number of aliphatic hydroxyl groups excluding tert-OH is 1. The summed E-state index contributed by atoms with van der Waals surface area (Å²) in [5.41, 5.74) is 5.69. The van der Waals surface area contributed by atoms with Crippen LogP contribution in [-0.2, 0) is 14.4 Å². The summed E-state index contributed by atoms with van der Waals surface area (Å²) in [4.78, 5) is 41.3. The fourth-order valence-electron chi connectivity index (χ4n) is 5.56. The van der Waals surface area contributed by atoms with Crippen LogP contribution in [0.3, 0.4) is 0 Å². The summed E-state index contributed by atoms with van der Waals surface area (Å²) >= 11 is 1.47. The zero-order valence-electron chi connectivity index (χ0n) is 18.0. The Morgan fingerprint density at radius 3 is 2.77 bits per heavy atom. The maximum Gasteiger partial charge on any atom is 0.353 e. The maximum atomic E-state index is 12.9. The van der Waals surface area contributed by atoms with Crippen molar-refractivity contribution in [3.05, 3.63) is 10.6 Å². The van der Waals surface area contributed by atoms with Gasteiger partial charge in [0.15, 0.2) is 0 Å². The molecule has 4 heterocycles. The minimum absolute atomic E-state index is 0.0448. The SMILES string of the molecule is C[C@@H](O)[C@H]1C(=O)N2C(C(=O)O)=C(S[C@@H]3CN[C@H](C(=O)N4CC[C@H](CCN)C4)C3)[C@H](C)[C@H]12. The van der Waals surface area contributed by atoms with E-state index in [0.29, 0.717) is 30.3 Å². The number of carbonyl (C=O) groups is 3. The Hall–Kier alpha value is -1.62. The van der Waals surface area contributed by atoms with Crippen LogP contribution in [-0.4, -0.2) is 87.4 Å². The molecule has 2 amide bonds. The van der Waals surface area contributed by atoms with Crippen LogP contribution in [0.25, 0.3) is 0 Å². The molecule has 9 nitrogen and oxygen atoms in total. The fourth-order valence-corrected chi connectivity index (χ4v) is 7.04. The van der Waals surface area contributed by atoms with Crippen LogP contribution in [0.2, 0.25) is 0 Å². The van der Waals surface area contributed by atoms with Crippen LogP contribution < -0.4 is 11.1 Å². The zero-order valence-corrected chi connectivity index (χ0v) is 18.8. The number of hydrogen-bond acceptors (Lipinski definition) is 7. The minimum Gasteiger partial charge on any atom is -0.477 e. The molecule has 31 heavy (non-hydrogen) atoms. The molecule has 3 saturated heterocycles. The first-order valence-electron chi connectivity index (χ1n) is 11.1. The van der Waals surface area contributed by atoms with Crippen LogP contribution in [0.1, 0.15) is 33.1 Å². The van der Waals surface area contributed by atoms with Gasteiger partial charge in [-0.3, -0.25) is 9.59 Å². The van der Waals surface area contributed by atoms with Gasteiger partial charge >= 0.3 is 5.97 Å². The number of rotatable bonds is 7. The average molecular weight is 453 g/mol. The molecule has 0 bridgehead atoms. The Morgan fingerprint density at radius 2 is 2.13 bits per heavy atom. The lowest BCUT2D eigenvalue weighted by molar-refractivity contribution is -0.163. The van der Waals surface area contributed by atoms with Gasteiger partial charge in [-0.1, -0.05) is 6.92 Å². The number of nitrogens with zero attached hydrogens (tertiary/aromatic N) is 2. The van der Waals surface area contributed by atoms with Crippen LogP contribution in [0.5, 0.6) is 0 Å². The normalized spacial score (nSPS) is 36.1. The van der Waals surface area contributed by atoms with Crippen molar-refractivity contribution >= 4 is 29.5 Å². The maximum absolute atomic E-state index is 12.9. The molecule has 0 aromatic heterocycles. The lowest BCUT2D eigenvalue weighted by Crippen LogP contribution is -2.63. The van der Waals surface area contributed by atoms with E-state index in [4.69, 9.17) is 5.73 Å². The van der Waals surface area contributed by atoms with Gasteiger partial charge in [-0.05, 0) is 38.6 Å². The van der Waals surface area contributed by atoms with Crippen LogP contribution in [0, 0.1) is 17.8 Å². The first kappa shape index (κ1) is 22.6. The van der Waals surface area contributed by atoms with E-state index >= 15 is 0 Å². The van der Waals surface area contributed by atoms with Gasteiger partial charge in [0.05, 0.1) is 24.1 Å². The zero-order chi connectivity index (χ0) is 22.4. The summed E-state index contributed by atoms with van der Waals surface area (Å²) in [5, 5.41) is 23.1. The number of amides is 2. The topological polar surface area (TPSA) is 136 Å². The average Bonchev–Trinajstić information content (AvgIpc) is 3.41. The van der Waals surface area contributed by atoms with E-state index in [1.807, 2.05) is 11.8 Å². The van der Waals surface area contributed by atoms with E-state index in [2.05, 4.69) is 5.32 Å². The predicted molar refractivity (Wildman–Crippen MR) is 116 cm³/mol. The van der Waals surface area contributed by atoms with Gasteiger partial charge in [0, 0.05) is 35.7 Å². The second-order valence-corrected chi connectivity index (χ2v) is 10.6. The molecule has 4 aliphatic heterocycles. The number of β-lactam (4-membered cyclic amide) rings is 1. The number of likely N-dealkylation sites (tertiary alicyclic amines) is 1. The van der Waals surface area contributed by atoms with Crippen molar-refractivity contribution in [2.75, 3.05) is 26.2 Å². The number of carboxylic acid groups (broad SMARTS) is 1. The highest BCUT2D eigenvalue weighted by molar-refractivity contribution is 8.03. The summed E-state index contributed by atoms with van der Waals surface area (Å²) in [6, 6.07) is -0.569. The molecule has 3 fully saturated rings. The molecular formula is C21H32N4O5S. The summed E-state index contributed by atoms with van der Waals surface area (Å²) in [6.07, 6.45) is 1.75. The van der Waals surface area contributed by atoms with Gasteiger partial charge in [-0.25, -0.2) is 4.79 Å². The molecular weight excluding hydrogens is 420 g/mol. The molecule has 0 saturated carbocycles. The third kappa shape index (κ3) is 3.88. The Kier molecular flexibility index (Phi) is 6.35. The summed E-state index contributed by atoms with van der Waals surface area (Å²) < 4.78 is 0. The number of carboxylic acids is 1. The van der Waals surface area contributed by atoms with Crippen molar-refractivity contribution in [3.63, 3.8) is 0 Å². The predicted octanol–water partition coefficient (Wildman–Crippen LogP) is -0.199. The molecule has 0 spiro atoms. The largest absolute Gasteiger partial charge is 0.477 e. The van der Waals surface area contributed by atoms with E-state index < -0.39 is 18.0 Å². The highest BCUT2D eigenvalue weighted by atomic mass is 32.2. The summed E-state index contributed by atoms with van der Waals surface area (Å²) in [7, 11) is 0. The molecule has 5 N–H and O–H groups in total. The molecule has 10 heteroatoms. The summed E-state index contributed by atoms with van der Waals surface area (Å²) in [5.74, 6) is -1.56. The molecule has 4 aliphatic rings. The van der Waals surface area contributed by atoms with Crippen molar-refractivity contribution in [1.82, 2.24) is 15.1 Å². The van der Waals surface area contributed by atoms with Gasteiger partial charge in [0.1, 0.15) is 5.70 Å². The molecule has 0 radical (unpaired) electrons. The number of fused-ring (bicyclic) bond motifs is 1. The lowest BCUT2D eigenvalue weighted by Gasteiger charge is -2.46. The van der Waals surface area contributed by atoms with Gasteiger partial charge in [0.2, 0.25) is 11.8 Å². The minimum atomic E-state index is -1.11. The second kappa shape index (κ2) is 8.73. The van der Waals surface area contributed by atoms with Gasteiger partial charge in [-0.2, -0.15) is 0 Å². The first-order chi connectivity index (χ1) is 14.7. The number of hydrogen-bond donors (Lipinski definition) is 4. The molecule has 0 aromatic rings. The Labute approximate surface area is 186 Å². The third-order valence-electron chi connectivity index (χ3n) is 7.17. The monoisotopic (exact) mass is 452 g/mol. The molecule has 7 atom stereocenters. The first-order valence-corrected chi connectivity index (χ1v) is 12.0. The van der Waals surface area contributed by atoms with Crippen LogP contribution in [0.4, 0.5) is 0 Å². The van der Waals surface area contributed by atoms with E-state index in [9.17, 15) is 24.6 Å². The van der Waals surface area contributed by atoms with E-state index in [1.165, 1.54) is 16.7 Å². The smallest absolute Gasteiger partial charge is 0.353 e. The van der Waals surface area contributed by atoms with Crippen molar-refractivity contribution in [2.45, 2.75) is 56.5 Å². The van der Waals surface area contributed by atoms with Gasteiger partial charge in [0.25, 0.3) is 0 Å². The van der Waals surface area contributed by atoms with Gasteiger partial charge < -0.3 is 31.1 Å². The molecule has 0 unspecified atom stereocenters. The number of nitrogens with one attached hydrogen (secondary N) is 1. The van der Waals surface area contributed by atoms with E-state index in [0.717, 1.165) is 25.9 Å². The highest BCUT2D eigenvalue weighted by Gasteiger charge is 2.60. The standard InChI is InChI=1S/C21H32N4O5S/c1-10-16-15(11(2)26)20(28)25(16)17(21(29)30)18(10)31-13-7-14(23-8-13)19(27)24-6-4-12(9-24)3-5-22/h10-16,23,26H,3-9,22H2,1-2H3,(H,29,30)/t10-,11-,12+,13+,14+,15-,16-/m1/s1. The number of nitrogens with two attached hydrogens (primary N) is 1. The van der Waals surface area contributed by atoms with Crippen molar-refractivity contribution in [1.29, 1.82) is 0 Å². The quantitative estimate of drug-likeness (QED) is 0.390. The molecule has 172 valence electrons. The van der Waals surface area contributed by atoms with Crippen LogP contribution in [0.15, 0.2) is 10.6 Å². The highest BCUT2D eigenvalue weighted by Crippen LogP contribution is 2.51. The number of thioether (sulfide) groups is 1. The number of aliphatic carboxylic acids is 1. The molecule has 0 aromatic carbocycles. The Balaban J connectivity index is 1.41. The third-order valence-corrected chi connectivity index (χ3v) is 8.68. The number of carbonyl (C=O) groups excluding carboxylic acids is 2. The summed E-state index contributed by atoms with van der Waals surface area (Å²) in [6.45, 7) is 6.28. The van der Waals surface area contributed by atoms with Crippen LogP contribution >= 0.6 is 11.8 Å². The number of aliphatic hydroxyl groups is 1. The second-order valence-electron chi connectivity index (χ2n) is 9.22. The van der Waals surface area contributed by atoms with Gasteiger partial charge in [-0.15, -0.1) is 11.8 Å². The Bertz CT molecular complexity index is 803. The molecule has 0 aliphatic carbocycles. The van der Waals surface area contributed by atoms with Crippen molar-refractivity contribution in [3.8, 4) is 0 Å². The van der Waals surface area contributed by atoms with E-state index in [1.54, 1.807) is 6.92 Å². The van der Waals surface area contributed by atoms with E-state index in [-0.39, 0.29) is 40.8 Å². The lowest BCUT2D eigenvalue weighted by atomic mass is 9.79.